The molecule has 5 rings (SSSR count). The van der Waals surface area contributed by atoms with Gasteiger partial charge < -0.3 is 0 Å². The van der Waals surface area contributed by atoms with E-state index in [9.17, 15) is 14.0 Å². The van der Waals surface area contributed by atoms with Gasteiger partial charge in [0, 0.05) is 23.0 Å². The van der Waals surface area contributed by atoms with E-state index < -0.39 is 17.6 Å². The molecule has 1 saturated carbocycles. The first kappa shape index (κ1) is 16.8. The highest BCUT2D eigenvalue weighted by atomic mass is 19.1. The van der Waals surface area contributed by atoms with E-state index in [0.717, 1.165) is 29.7 Å². The lowest BCUT2D eigenvalue weighted by Crippen LogP contribution is -2.41. The van der Waals surface area contributed by atoms with Gasteiger partial charge in [-0.2, -0.15) is 0 Å². The molecule has 0 radical (unpaired) electrons. The molecule has 2 aliphatic rings. The van der Waals surface area contributed by atoms with Crippen molar-refractivity contribution in [2.75, 3.05) is 0 Å². The number of halogens is 1. The molecule has 2 amide bonds. The maximum absolute atomic E-state index is 12.9. The van der Waals surface area contributed by atoms with E-state index in [1.165, 1.54) is 30.7 Å². The molecule has 2 N–H and O–H groups in total. The Morgan fingerprint density at radius 2 is 1.39 bits per heavy atom. The second kappa shape index (κ2) is 6.37. The predicted molar refractivity (Wildman–Crippen MR) is 100 cm³/mol. The molecule has 6 nitrogen and oxygen atoms in total. The van der Waals surface area contributed by atoms with Gasteiger partial charge in [-0.1, -0.05) is 0 Å². The van der Waals surface area contributed by atoms with Crippen LogP contribution in [0.2, 0.25) is 0 Å². The van der Waals surface area contributed by atoms with Gasteiger partial charge in [-0.05, 0) is 61.7 Å². The number of rotatable bonds is 2. The smallest absolute Gasteiger partial charge is 0.267 e. The fourth-order valence-electron chi connectivity index (χ4n) is 4.16. The van der Waals surface area contributed by atoms with Gasteiger partial charge in [0.25, 0.3) is 11.8 Å². The van der Waals surface area contributed by atoms with Crippen LogP contribution in [0.15, 0.2) is 42.5 Å². The Balaban J connectivity index is 1.33. The number of benzene rings is 2. The van der Waals surface area contributed by atoms with Crippen LogP contribution in [0.25, 0.3) is 11.0 Å². The molecule has 0 aliphatic heterocycles. The van der Waals surface area contributed by atoms with Gasteiger partial charge in [-0.3, -0.25) is 20.4 Å². The maximum Gasteiger partial charge on any atom is 0.269 e. The molecular formula is C21H17FN4O2. The zero-order valence-electron chi connectivity index (χ0n) is 14.9. The van der Waals surface area contributed by atoms with Crippen LogP contribution >= 0.6 is 0 Å². The number of amides is 2. The Kier molecular flexibility index (Phi) is 3.82. The molecule has 1 aromatic heterocycles. The van der Waals surface area contributed by atoms with Crippen LogP contribution < -0.4 is 10.9 Å². The summed E-state index contributed by atoms with van der Waals surface area (Å²) in [6, 6.07) is 10.2. The molecule has 7 heteroatoms. The molecule has 28 heavy (non-hydrogen) atoms. The highest BCUT2D eigenvalue weighted by Crippen LogP contribution is 2.51. The van der Waals surface area contributed by atoms with E-state index in [4.69, 9.17) is 9.97 Å². The van der Waals surface area contributed by atoms with E-state index >= 15 is 0 Å². The van der Waals surface area contributed by atoms with Gasteiger partial charge in [0.15, 0.2) is 0 Å². The zero-order valence-corrected chi connectivity index (χ0v) is 14.9. The number of carbonyl (C=O) groups excluding carboxylic acids is 2. The Bertz CT molecular complexity index is 1110. The van der Waals surface area contributed by atoms with Crippen molar-refractivity contribution in [3.05, 3.63) is 70.8 Å². The number of hydrogen-bond acceptors (Lipinski definition) is 4. The fourth-order valence-corrected chi connectivity index (χ4v) is 4.16. The lowest BCUT2D eigenvalue weighted by molar-refractivity contribution is 0.0846. The van der Waals surface area contributed by atoms with Crippen molar-refractivity contribution in [1.82, 2.24) is 20.8 Å². The minimum Gasteiger partial charge on any atom is -0.267 e. The van der Waals surface area contributed by atoms with Crippen LogP contribution in [0.5, 0.6) is 0 Å². The largest absolute Gasteiger partial charge is 0.269 e. The minimum absolute atomic E-state index is 0.247. The van der Waals surface area contributed by atoms with Crippen molar-refractivity contribution < 1.29 is 14.0 Å². The normalized spacial score (nSPS) is 19.5. The number of aromatic nitrogens is 2. The van der Waals surface area contributed by atoms with Crippen molar-refractivity contribution in [1.29, 1.82) is 0 Å². The first-order valence-electron chi connectivity index (χ1n) is 9.26. The number of hydrazine groups is 1. The van der Waals surface area contributed by atoms with E-state index in [0.29, 0.717) is 22.9 Å². The first-order chi connectivity index (χ1) is 13.6. The summed E-state index contributed by atoms with van der Waals surface area (Å²) in [6.07, 6.45) is 3.48. The van der Waals surface area contributed by atoms with E-state index in [2.05, 4.69) is 10.9 Å². The molecule has 3 aromatic rings. The molecule has 0 saturated heterocycles. The first-order valence-corrected chi connectivity index (χ1v) is 9.26. The molecule has 2 unspecified atom stereocenters. The van der Waals surface area contributed by atoms with Crippen molar-refractivity contribution in [3.8, 4) is 0 Å². The lowest BCUT2D eigenvalue weighted by Gasteiger charge is -2.14. The Morgan fingerprint density at radius 1 is 0.821 bits per heavy atom. The Labute approximate surface area is 160 Å². The molecule has 2 atom stereocenters. The van der Waals surface area contributed by atoms with Crippen LogP contribution in [0.1, 0.15) is 63.2 Å². The Hall–Kier alpha value is -3.35. The van der Waals surface area contributed by atoms with Crippen molar-refractivity contribution in [3.63, 3.8) is 0 Å². The van der Waals surface area contributed by atoms with Crippen LogP contribution in [-0.2, 0) is 0 Å². The lowest BCUT2D eigenvalue weighted by atomic mass is 10.00. The number of fused-ring (bicyclic) bond motifs is 6. The summed E-state index contributed by atoms with van der Waals surface area (Å²) >= 11 is 0. The van der Waals surface area contributed by atoms with Crippen molar-refractivity contribution in [2.24, 2.45) is 0 Å². The zero-order chi connectivity index (χ0) is 19.3. The molecule has 2 aromatic carbocycles. The standard InChI is InChI=1S/C21H17FN4O2/c22-15-6-3-11(4-7-15)20(27)25-26-21(28)14-5-8-16-17(10-14)24-19-13-2-1-12(9-13)18(19)23-16/h3-8,10,12-13H,1-2,9H2,(H,25,27)(H,26,28). The number of hydrogen-bond donors (Lipinski definition) is 2. The summed E-state index contributed by atoms with van der Waals surface area (Å²) in [7, 11) is 0. The van der Waals surface area contributed by atoms with Gasteiger partial charge in [0.1, 0.15) is 5.82 Å². The van der Waals surface area contributed by atoms with Crippen molar-refractivity contribution >= 4 is 22.8 Å². The quantitative estimate of drug-likeness (QED) is 0.673. The maximum atomic E-state index is 12.9. The predicted octanol–water partition coefficient (Wildman–Crippen LogP) is 3.21. The summed E-state index contributed by atoms with van der Waals surface area (Å²) in [6.45, 7) is 0. The average molecular weight is 376 g/mol. The molecule has 140 valence electrons. The summed E-state index contributed by atoms with van der Waals surface area (Å²) in [5.41, 5.74) is 8.99. The minimum atomic E-state index is -0.525. The van der Waals surface area contributed by atoms with Crippen LogP contribution in [0.3, 0.4) is 0 Å². The van der Waals surface area contributed by atoms with Crippen molar-refractivity contribution in [2.45, 2.75) is 31.1 Å². The summed E-state index contributed by atoms with van der Waals surface area (Å²) in [5, 5.41) is 0. The molecule has 1 fully saturated rings. The van der Waals surface area contributed by atoms with Crippen LogP contribution in [0.4, 0.5) is 4.39 Å². The Morgan fingerprint density at radius 3 is 2.07 bits per heavy atom. The van der Waals surface area contributed by atoms with Gasteiger partial charge in [-0.25, -0.2) is 14.4 Å². The fraction of sp³-hybridized carbons (Fsp3) is 0.238. The third kappa shape index (κ3) is 2.79. The molecule has 0 spiro atoms. The molecule has 1 heterocycles. The number of nitrogens with one attached hydrogen (secondary N) is 2. The van der Waals surface area contributed by atoms with Gasteiger partial charge in [0.2, 0.25) is 0 Å². The highest BCUT2D eigenvalue weighted by molar-refractivity contribution is 6.00. The summed E-state index contributed by atoms with van der Waals surface area (Å²) in [5.74, 6) is -0.396. The van der Waals surface area contributed by atoms with E-state index in [-0.39, 0.29) is 5.56 Å². The monoisotopic (exact) mass is 376 g/mol. The summed E-state index contributed by atoms with van der Waals surface area (Å²) < 4.78 is 12.9. The number of carbonyl (C=O) groups is 2. The average Bonchev–Trinajstić information content (AvgIpc) is 3.32. The van der Waals surface area contributed by atoms with Gasteiger partial charge in [-0.15, -0.1) is 0 Å². The highest BCUT2D eigenvalue weighted by Gasteiger charge is 2.39. The van der Waals surface area contributed by atoms with E-state index in [1.807, 2.05) is 0 Å². The molecule has 2 bridgehead atoms. The molecule has 2 aliphatic carbocycles. The number of nitrogens with zero attached hydrogens (tertiary/aromatic N) is 2. The second-order valence-electron chi connectivity index (χ2n) is 7.32. The summed E-state index contributed by atoms with van der Waals surface area (Å²) in [4.78, 5) is 34.0. The third-order valence-corrected chi connectivity index (χ3v) is 5.58. The van der Waals surface area contributed by atoms with Crippen LogP contribution in [-0.4, -0.2) is 21.8 Å². The molecular weight excluding hydrogens is 359 g/mol. The van der Waals surface area contributed by atoms with Crippen LogP contribution in [0, 0.1) is 5.82 Å². The topological polar surface area (TPSA) is 84.0 Å². The third-order valence-electron chi connectivity index (χ3n) is 5.58. The van der Waals surface area contributed by atoms with Gasteiger partial charge in [0.05, 0.1) is 22.4 Å². The SMILES string of the molecule is O=C(NNC(=O)c1ccc2nc3c(nc2c1)C1CCC3C1)c1ccc(F)cc1. The van der Waals surface area contributed by atoms with Gasteiger partial charge >= 0.3 is 0 Å². The second-order valence-corrected chi connectivity index (χ2v) is 7.32. The van der Waals surface area contributed by atoms with E-state index in [1.54, 1.807) is 18.2 Å².